The third-order valence-electron chi connectivity index (χ3n) is 7.17. The average Bonchev–Trinajstić information content (AvgIpc) is 2.73. The van der Waals surface area contributed by atoms with Gasteiger partial charge in [0.05, 0.1) is 32.7 Å². The smallest absolute Gasteiger partial charge is 0.227 e. The van der Waals surface area contributed by atoms with E-state index in [1.165, 1.54) is 10.5 Å². The second-order valence-electron chi connectivity index (χ2n) is 8.61. The lowest BCUT2D eigenvalue weighted by molar-refractivity contribution is -0.903. The minimum atomic E-state index is -1.00. The first-order valence-electron chi connectivity index (χ1n) is 10.5. The van der Waals surface area contributed by atoms with Crippen LogP contribution in [0.4, 0.5) is 0 Å². The van der Waals surface area contributed by atoms with Gasteiger partial charge in [-0.3, -0.25) is 4.79 Å². The van der Waals surface area contributed by atoms with E-state index in [4.69, 9.17) is 0 Å². The second kappa shape index (κ2) is 8.01. The van der Waals surface area contributed by atoms with Crippen molar-refractivity contribution in [2.24, 2.45) is 23.7 Å². The van der Waals surface area contributed by atoms with Gasteiger partial charge in [-0.1, -0.05) is 30.3 Å². The Labute approximate surface area is 161 Å². The molecule has 146 valence electrons. The van der Waals surface area contributed by atoms with Crippen molar-refractivity contribution in [3.8, 4) is 0 Å². The average molecular weight is 370 g/mol. The maximum absolute atomic E-state index is 13.2. The Balaban J connectivity index is 1.32. The van der Waals surface area contributed by atoms with E-state index in [9.17, 15) is 14.7 Å². The maximum Gasteiger partial charge on any atom is 0.227 e. The third-order valence-corrected chi connectivity index (χ3v) is 7.17. The number of aliphatic carboxylic acids is 1. The molecule has 0 aromatic heterocycles. The van der Waals surface area contributed by atoms with Gasteiger partial charge in [0, 0.05) is 24.2 Å². The number of hydrogen-bond acceptors (Lipinski definition) is 3. The first-order valence-corrected chi connectivity index (χ1v) is 10.5. The fourth-order valence-corrected chi connectivity index (χ4v) is 5.61. The zero-order valence-electron chi connectivity index (χ0n) is 15.9. The molecule has 1 saturated heterocycles. The predicted molar refractivity (Wildman–Crippen MR) is 99.7 cm³/mol. The first kappa shape index (κ1) is 18.5. The van der Waals surface area contributed by atoms with Crippen molar-refractivity contribution >= 4 is 11.9 Å². The van der Waals surface area contributed by atoms with Crippen LogP contribution >= 0.6 is 0 Å². The van der Waals surface area contributed by atoms with Crippen LogP contribution in [0.5, 0.6) is 0 Å². The van der Waals surface area contributed by atoms with Crippen molar-refractivity contribution in [2.75, 3.05) is 32.7 Å². The monoisotopic (exact) mass is 370 g/mol. The third kappa shape index (κ3) is 3.88. The number of carbonyl (C=O) groups is 2. The molecule has 4 fully saturated rings. The number of carboxylic acids is 1. The molecule has 3 saturated carbocycles. The van der Waals surface area contributed by atoms with Gasteiger partial charge in [-0.15, -0.1) is 0 Å². The molecule has 0 unspecified atom stereocenters. The number of rotatable bonds is 5. The molecule has 5 heteroatoms. The van der Waals surface area contributed by atoms with Crippen molar-refractivity contribution < 1.29 is 19.6 Å². The van der Waals surface area contributed by atoms with Gasteiger partial charge in [0.1, 0.15) is 0 Å². The molecule has 27 heavy (non-hydrogen) atoms. The molecule has 1 heterocycles. The van der Waals surface area contributed by atoms with Gasteiger partial charge in [0.25, 0.3) is 0 Å². The van der Waals surface area contributed by atoms with Crippen LogP contribution in [0.15, 0.2) is 30.3 Å². The Morgan fingerprint density at radius 1 is 0.963 bits per heavy atom. The summed E-state index contributed by atoms with van der Waals surface area (Å²) in [6, 6.07) is 10.5. The highest BCUT2D eigenvalue weighted by atomic mass is 16.4. The molecule has 1 aromatic rings. The minimum Gasteiger partial charge on any atom is -0.550 e. The molecule has 4 aliphatic rings. The van der Waals surface area contributed by atoms with Crippen LogP contribution in [0.3, 0.4) is 0 Å². The predicted octanol–water partition coefficient (Wildman–Crippen LogP) is -0.241. The van der Waals surface area contributed by atoms with E-state index in [2.05, 4.69) is 24.3 Å². The highest BCUT2D eigenvalue weighted by Gasteiger charge is 2.49. The van der Waals surface area contributed by atoms with Gasteiger partial charge in [-0.2, -0.15) is 0 Å². The van der Waals surface area contributed by atoms with Crippen molar-refractivity contribution in [1.29, 1.82) is 0 Å². The summed E-state index contributed by atoms with van der Waals surface area (Å²) in [7, 11) is 0. The number of hydrogen-bond donors (Lipinski definition) is 1. The van der Waals surface area contributed by atoms with Gasteiger partial charge >= 0.3 is 0 Å². The summed E-state index contributed by atoms with van der Waals surface area (Å²) < 4.78 is 0. The first-order chi connectivity index (χ1) is 13.1. The van der Waals surface area contributed by atoms with Gasteiger partial charge in [0.15, 0.2) is 0 Å². The Bertz CT molecular complexity index is 661. The van der Waals surface area contributed by atoms with E-state index in [1.54, 1.807) is 0 Å². The van der Waals surface area contributed by atoms with E-state index in [-0.39, 0.29) is 23.7 Å². The molecular weight excluding hydrogens is 340 g/mol. The largest absolute Gasteiger partial charge is 0.550 e. The summed E-state index contributed by atoms with van der Waals surface area (Å²) in [5.74, 6) is -1.43. The lowest BCUT2D eigenvalue weighted by Crippen LogP contribution is -3.15. The minimum absolute atomic E-state index is 0.0840. The number of carbonyl (C=O) groups excluding carboxylic acids is 2. The summed E-state index contributed by atoms with van der Waals surface area (Å²) in [6.07, 6.45) is 4.97. The Hall–Kier alpha value is -1.88. The number of nitrogens with one attached hydrogen (secondary N) is 1. The normalized spacial score (nSPS) is 31.0. The number of fused-ring (bicyclic) bond motifs is 3. The maximum atomic E-state index is 13.2. The van der Waals surface area contributed by atoms with Crippen LogP contribution in [-0.2, 0) is 16.0 Å². The lowest BCUT2D eigenvalue weighted by Gasteiger charge is -2.49. The zero-order chi connectivity index (χ0) is 18.8. The van der Waals surface area contributed by atoms with Gasteiger partial charge in [-0.05, 0) is 43.1 Å². The number of carboxylic acid groups (broad SMARTS) is 1. The Morgan fingerprint density at radius 3 is 2.15 bits per heavy atom. The summed E-state index contributed by atoms with van der Waals surface area (Å²) >= 11 is 0. The molecule has 1 aromatic carbocycles. The summed E-state index contributed by atoms with van der Waals surface area (Å²) in [6.45, 7) is 4.49. The molecule has 5 rings (SSSR count). The van der Waals surface area contributed by atoms with E-state index in [1.807, 2.05) is 11.0 Å². The van der Waals surface area contributed by atoms with Gasteiger partial charge in [0.2, 0.25) is 5.91 Å². The van der Waals surface area contributed by atoms with Crippen LogP contribution in [-0.4, -0.2) is 49.5 Å². The Kier molecular flexibility index (Phi) is 5.48. The van der Waals surface area contributed by atoms with Crippen molar-refractivity contribution in [3.63, 3.8) is 0 Å². The van der Waals surface area contributed by atoms with E-state index in [0.29, 0.717) is 0 Å². The molecule has 1 N–H and O–H groups in total. The summed E-state index contributed by atoms with van der Waals surface area (Å²) in [4.78, 5) is 28.4. The standard InChI is InChI=1S/C22H30N2O3/c25-21(19-17-6-8-18(9-7-17)20(19)22(26)27)24-14-12-23(13-15-24)11-10-16-4-2-1-3-5-16/h1-5,17-20H,6-15H2,(H,26,27)/t17?,18?,19-,20-/m1/s1. The zero-order valence-corrected chi connectivity index (χ0v) is 15.9. The molecule has 0 spiro atoms. The summed E-state index contributed by atoms with van der Waals surface area (Å²) in [5, 5.41) is 11.7. The highest BCUT2D eigenvalue weighted by molar-refractivity contribution is 5.85. The van der Waals surface area contributed by atoms with E-state index >= 15 is 0 Å². The lowest BCUT2D eigenvalue weighted by atomic mass is 9.58. The highest BCUT2D eigenvalue weighted by Crippen LogP contribution is 2.49. The molecule has 2 atom stereocenters. The molecule has 3 aliphatic carbocycles. The summed E-state index contributed by atoms with van der Waals surface area (Å²) in [5.41, 5.74) is 1.36. The SMILES string of the molecule is O=C([O-])[C@@H]1C2CCC(CC2)[C@H]1C(=O)N1CC[NH+](CCc2ccccc2)CC1. The number of quaternary nitrogens is 1. The molecule has 1 aliphatic heterocycles. The van der Waals surface area contributed by atoms with Gasteiger partial charge < -0.3 is 19.7 Å². The molecular formula is C22H30N2O3. The fraction of sp³-hybridized carbons (Fsp3) is 0.636. The molecule has 5 nitrogen and oxygen atoms in total. The number of benzene rings is 1. The van der Waals surface area contributed by atoms with Crippen molar-refractivity contribution in [3.05, 3.63) is 35.9 Å². The van der Waals surface area contributed by atoms with Crippen LogP contribution in [0.2, 0.25) is 0 Å². The molecule has 0 radical (unpaired) electrons. The fourth-order valence-electron chi connectivity index (χ4n) is 5.61. The van der Waals surface area contributed by atoms with Crippen LogP contribution in [0.25, 0.3) is 0 Å². The van der Waals surface area contributed by atoms with Crippen molar-refractivity contribution in [2.45, 2.75) is 32.1 Å². The van der Waals surface area contributed by atoms with Crippen molar-refractivity contribution in [1.82, 2.24) is 4.90 Å². The van der Waals surface area contributed by atoms with Crippen LogP contribution in [0.1, 0.15) is 31.2 Å². The molecule has 2 bridgehead atoms. The van der Waals surface area contributed by atoms with Gasteiger partial charge in [-0.25, -0.2) is 0 Å². The number of amides is 1. The second-order valence-corrected chi connectivity index (χ2v) is 8.61. The molecule has 1 amide bonds. The number of nitrogens with zero attached hydrogens (tertiary/aromatic N) is 1. The van der Waals surface area contributed by atoms with Crippen LogP contribution < -0.4 is 10.0 Å². The Morgan fingerprint density at radius 2 is 1.56 bits per heavy atom. The quantitative estimate of drug-likeness (QED) is 0.778. The topological polar surface area (TPSA) is 64.9 Å². The van der Waals surface area contributed by atoms with Crippen LogP contribution in [0, 0.1) is 23.7 Å². The van der Waals surface area contributed by atoms with E-state index < -0.39 is 11.9 Å². The van der Waals surface area contributed by atoms with E-state index in [0.717, 1.165) is 64.8 Å². The number of piperazine rings is 1.